The molecular weight excluding hydrogens is 308 g/mol. The van der Waals surface area contributed by atoms with Crippen molar-refractivity contribution in [2.24, 2.45) is 0 Å². The number of hydrogen-bond acceptors (Lipinski definition) is 8. The maximum atomic E-state index is 4.66. The van der Waals surface area contributed by atoms with E-state index < -0.39 is 0 Å². The van der Waals surface area contributed by atoms with E-state index >= 15 is 0 Å². The fourth-order valence-corrected chi connectivity index (χ4v) is 2.56. The normalized spacial score (nSPS) is 11.3. The van der Waals surface area contributed by atoms with Gasteiger partial charge in [0.15, 0.2) is 0 Å². The van der Waals surface area contributed by atoms with Crippen molar-refractivity contribution < 1.29 is 0 Å². The number of nitrogens with zero attached hydrogens (tertiary/aromatic N) is 8. The molecule has 4 aromatic heterocycles. The number of H-pyrrole nitrogens is 2. The first-order chi connectivity index (χ1) is 11.9. The third-order valence-electron chi connectivity index (χ3n) is 3.67. The summed E-state index contributed by atoms with van der Waals surface area (Å²) in [5, 5.41) is 29.8. The Morgan fingerprint density at radius 2 is 1.04 bits per heavy atom. The largest absolute Gasteiger partial charge is 0.242 e. The van der Waals surface area contributed by atoms with Gasteiger partial charge in [-0.25, -0.2) is 9.97 Å². The number of fused-ring (bicyclic) bond motifs is 3. The standard InChI is InChI=1S/C14H8N10/c1-2-8-4-6-10(14-19-23-24-20-14)16-12(8)11-7(1)3-5-9(15-11)13-17-21-22-18-13/h1-6H,(H,17,18,21,22)(H,19,20,23,24). The number of pyridine rings is 2. The van der Waals surface area contributed by atoms with Crippen LogP contribution in [0, 0.1) is 0 Å². The van der Waals surface area contributed by atoms with Crippen molar-refractivity contribution in [3.63, 3.8) is 0 Å². The van der Waals surface area contributed by atoms with Gasteiger partial charge < -0.3 is 0 Å². The molecule has 0 saturated heterocycles. The molecule has 0 atom stereocenters. The van der Waals surface area contributed by atoms with Crippen LogP contribution < -0.4 is 0 Å². The Morgan fingerprint density at radius 1 is 0.583 bits per heavy atom. The summed E-state index contributed by atoms with van der Waals surface area (Å²) in [6.45, 7) is 0. The van der Waals surface area contributed by atoms with Crippen molar-refractivity contribution >= 4 is 21.8 Å². The van der Waals surface area contributed by atoms with Crippen LogP contribution in [-0.2, 0) is 0 Å². The van der Waals surface area contributed by atoms with Crippen molar-refractivity contribution in [2.75, 3.05) is 0 Å². The van der Waals surface area contributed by atoms with Crippen LogP contribution in [-0.4, -0.2) is 51.2 Å². The zero-order valence-electron chi connectivity index (χ0n) is 12.0. The topological polar surface area (TPSA) is 135 Å². The molecule has 0 bridgehead atoms. The molecule has 5 aromatic rings. The van der Waals surface area contributed by atoms with E-state index in [0.29, 0.717) is 23.0 Å². The van der Waals surface area contributed by atoms with Gasteiger partial charge in [-0.3, -0.25) is 0 Å². The molecule has 0 radical (unpaired) electrons. The lowest BCUT2D eigenvalue weighted by molar-refractivity contribution is 0.881. The molecule has 0 aliphatic carbocycles. The summed E-state index contributed by atoms with van der Waals surface area (Å²) in [4.78, 5) is 9.31. The Balaban J connectivity index is 1.80. The minimum Gasteiger partial charge on any atom is -0.242 e. The van der Waals surface area contributed by atoms with Gasteiger partial charge in [-0.1, -0.05) is 24.3 Å². The number of aromatic amines is 2. The van der Waals surface area contributed by atoms with E-state index in [1.165, 1.54) is 0 Å². The fraction of sp³-hybridized carbons (Fsp3) is 0. The van der Waals surface area contributed by atoms with E-state index in [1.807, 2.05) is 36.4 Å². The van der Waals surface area contributed by atoms with Gasteiger partial charge in [0, 0.05) is 10.8 Å². The highest BCUT2D eigenvalue weighted by molar-refractivity contribution is 6.03. The van der Waals surface area contributed by atoms with Crippen molar-refractivity contribution in [2.45, 2.75) is 0 Å². The summed E-state index contributed by atoms with van der Waals surface area (Å²) in [6.07, 6.45) is 0. The predicted molar refractivity (Wildman–Crippen MR) is 83.4 cm³/mol. The molecule has 24 heavy (non-hydrogen) atoms. The van der Waals surface area contributed by atoms with Gasteiger partial charge in [0.25, 0.3) is 0 Å². The van der Waals surface area contributed by atoms with E-state index in [4.69, 9.17) is 0 Å². The fourth-order valence-electron chi connectivity index (χ4n) is 2.56. The highest BCUT2D eigenvalue weighted by Gasteiger charge is 2.11. The molecule has 0 saturated carbocycles. The molecule has 0 aliphatic heterocycles. The Labute approximate surface area is 133 Å². The molecule has 0 aliphatic rings. The minimum atomic E-state index is 0.434. The van der Waals surface area contributed by atoms with E-state index in [2.05, 4.69) is 51.2 Å². The molecule has 114 valence electrons. The average Bonchev–Trinajstić information content (AvgIpc) is 3.34. The van der Waals surface area contributed by atoms with Crippen LogP contribution in [0.25, 0.3) is 44.8 Å². The maximum absolute atomic E-state index is 4.66. The minimum absolute atomic E-state index is 0.434. The number of hydrogen-bond donors (Lipinski definition) is 2. The Hall–Kier alpha value is -3.82. The first kappa shape index (κ1) is 12.7. The molecule has 10 nitrogen and oxygen atoms in total. The second-order valence-corrected chi connectivity index (χ2v) is 5.07. The number of benzene rings is 1. The van der Waals surface area contributed by atoms with Gasteiger partial charge in [0.1, 0.15) is 11.4 Å². The molecule has 2 N–H and O–H groups in total. The molecule has 0 fully saturated rings. The van der Waals surface area contributed by atoms with E-state index in [9.17, 15) is 0 Å². The number of aromatic nitrogens is 10. The zero-order chi connectivity index (χ0) is 15.9. The van der Waals surface area contributed by atoms with E-state index in [0.717, 1.165) is 21.8 Å². The van der Waals surface area contributed by atoms with Gasteiger partial charge in [-0.15, -0.1) is 20.4 Å². The third kappa shape index (κ3) is 1.90. The third-order valence-corrected chi connectivity index (χ3v) is 3.67. The van der Waals surface area contributed by atoms with Crippen molar-refractivity contribution in [3.8, 4) is 23.0 Å². The number of rotatable bonds is 2. The van der Waals surface area contributed by atoms with E-state index in [1.54, 1.807) is 0 Å². The Morgan fingerprint density at radius 3 is 1.46 bits per heavy atom. The first-order valence-corrected chi connectivity index (χ1v) is 7.07. The van der Waals surface area contributed by atoms with Crippen LogP contribution in [0.4, 0.5) is 0 Å². The zero-order valence-corrected chi connectivity index (χ0v) is 12.0. The van der Waals surface area contributed by atoms with Gasteiger partial charge in [0.05, 0.1) is 11.0 Å². The van der Waals surface area contributed by atoms with Crippen LogP contribution in [0.1, 0.15) is 0 Å². The van der Waals surface area contributed by atoms with Crippen molar-refractivity contribution in [1.82, 2.24) is 51.2 Å². The number of tetrazole rings is 2. The van der Waals surface area contributed by atoms with Crippen LogP contribution in [0.3, 0.4) is 0 Å². The summed E-state index contributed by atoms with van der Waals surface area (Å²) >= 11 is 0. The summed E-state index contributed by atoms with van der Waals surface area (Å²) in [6, 6.07) is 11.6. The van der Waals surface area contributed by atoms with Crippen LogP contribution in [0.5, 0.6) is 0 Å². The molecule has 10 heteroatoms. The van der Waals surface area contributed by atoms with Crippen LogP contribution >= 0.6 is 0 Å². The second kappa shape index (κ2) is 4.84. The lowest BCUT2D eigenvalue weighted by atomic mass is 10.1. The van der Waals surface area contributed by atoms with Gasteiger partial charge in [-0.2, -0.15) is 10.4 Å². The monoisotopic (exact) mass is 316 g/mol. The first-order valence-electron chi connectivity index (χ1n) is 7.07. The van der Waals surface area contributed by atoms with Crippen LogP contribution in [0.2, 0.25) is 0 Å². The molecule has 5 rings (SSSR count). The molecule has 1 aromatic carbocycles. The highest BCUT2D eigenvalue weighted by Crippen LogP contribution is 2.26. The van der Waals surface area contributed by atoms with Gasteiger partial charge in [-0.05, 0) is 22.6 Å². The molecule has 4 heterocycles. The predicted octanol–water partition coefficient (Wildman–Crippen LogP) is 1.14. The molecule has 0 spiro atoms. The lowest BCUT2D eigenvalue weighted by Gasteiger charge is -2.05. The number of nitrogens with one attached hydrogen (secondary N) is 2. The van der Waals surface area contributed by atoms with Crippen LogP contribution in [0.15, 0.2) is 36.4 Å². The summed E-state index contributed by atoms with van der Waals surface area (Å²) < 4.78 is 0. The Bertz CT molecular complexity index is 1050. The summed E-state index contributed by atoms with van der Waals surface area (Å²) in [5.74, 6) is 0.867. The highest BCUT2D eigenvalue weighted by atomic mass is 15.5. The Kier molecular flexibility index (Phi) is 2.56. The quantitative estimate of drug-likeness (QED) is 0.463. The second-order valence-electron chi connectivity index (χ2n) is 5.07. The SMILES string of the molecule is c1cc2ccc3ccc(-c4nn[nH]n4)nc3c2nc1-c1nn[nH]n1. The summed E-state index contributed by atoms with van der Waals surface area (Å²) in [5.41, 5.74) is 2.74. The van der Waals surface area contributed by atoms with E-state index in [-0.39, 0.29) is 0 Å². The maximum Gasteiger partial charge on any atom is 0.222 e. The van der Waals surface area contributed by atoms with Crippen molar-refractivity contribution in [1.29, 1.82) is 0 Å². The smallest absolute Gasteiger partial charge is 0.222 e. The molecule has 0 amide bonds. The summed E-state index contributed by atoms with van der Waals surface area (Å²) in [7, 11) is 0. The van der Waals surface area contributed by atoms with Gasteiger partial charge >= 0.3 is 0 Å². The van der Waals surface area contributed by atoms with Gasteiger partial charge in [0.2, 0.25) is 11.6 Å². The molecule has 0 unspecified atom stereocenters. The lowest BCUT2D eigenvalue weighted by Crippen LogP contribution is -1.92. The molecular formula is C14H8N10. The average molecular weight is 316 g/mol. The van der Waals surface area contributed by atoms with Crippen molar-refractivity contribution in [3.05, 3.63) is 36.4 Å².